The highest BCUT2D eigenvalue weighted by molar-refractivity contribution is 5.70. The molecule has 8 nitrogen and oxygen atoms in total. The number of methoxy groups -OCH3 is 1. The van der Waals surface area contributed by atoms with Gasteiger partial charge in [0.1, 0.15) is 5.69 Å². The van der Waals surface area contributed by atoms with E-state index in [1.54, 1.807) is 23.3 Å². The number of rotatable bonds is 3. The number of carbonyl (C=O) groups excluding carboxylic acids is 1. The number of hydrogen-bond donors (Lipinski definition) is 1. The minimum Gasteiger partial charge on any atom is -0.452 e. The molecule has 0 fully saturated rings. The van der Waals surface area contributed by atoms with E-state index in [4.69, 9.17) is 4.74 Å². The first kappa shape index (κ1) is 15.0. The number of fused-ring (bicyclic) bond motifs is 1. The van der Waals surface area contributed by atoms with Crippen molar-refractivity contribution in [3.63, 3.8) is 0 Å². The quantitative estimate of drug-likeness (QED) is 0.934. The van der Waals surface area contributed by atoms with E-state index < -0.39 is 6.09 Å². The fraction of sp³-hybridized carbons (Fsp3) is 0.333. The lowest BCUT2D eigenvalue weighted by atomic mass is 10.2. The van der Waals surface area contributed by atoms with Crippen LogP contribution in [-0.4, -0.2) is 43.9 Å². The summed E-state index contributed by atoms with van der Waals surface area (Å²) in [4.78, 5) is 21.7. The lowest BCUT2D eigenvalue weighted by Crippen LogP contribution is -2.28. The molecule has 0 aliphatic carbocycles. The van der Waals surface area contributed by atoms with Crippen molar-refractivity contribution < 1.29 is 9.53 Å². The fourth-order valence-corrected chi connectivity index (χ4v) is 2.25. The third kappa shape index (κ3) is 3.15. The topological polar surface area (TPSA) is 85.2 Å². The second kappa shape index (κ2) is 6.07. The molecule has 8 heteroatoms. The Hall–Kier alpha value is -2.90. The number of nitrogens with one attached hydrogen (secondary N) is 1. The number of hydrogen-bond acceptors (Lipinski definition) is 6. The van der Waals surface area contributed by atoms with Gasteiger partial charge in [0, 0.05) is 24.6 Å². The molecule has 0 radical (unpaired) electrons. The van der Waals surface area contributed by atoms with E-state index in [0.717, 1.165) is 17.1 Å². The molecule has 0 spiro atoms. The van der Waals surface area contributed by atoms with Crippen LogP contribution in [-0.2, 0) is 11.3 Å². The van der Waals surface area contributed by atoms with E-state index in [2.05, 4.69) is 20.4 Å². The van der Waals surface area contributed by atoms with Crippen LogP contribution in [0, 0.1) is 0 Å². The highest BCUT2D eigenvalue weighted by Gasteiger charge is 2.20. The third-order valence-electron chi connectivity index (χ3n) is 3.28. The first-order valence-electron chi connectivity index (χ1n) is 7.28. The van der Waals surface area contributed by atoms with Crippen molar-refractivity contribution in [1.82, 2.24) is 24.6 Å². The first-order chi connectivity index (χ1) is 11.1. The van der Waals surface area contributed by atoms with E-state index in [0.29, 0.717) is 12.5 Å². The minimum atomic E-state index is -0.402. The second-order valence-corrected chi connectivity index (χ2v) is 5.43. The van der Waals surface area contributed by atoms with Gasteiger partial charge in [0.15, 0.2) is 0 Å². The Labute approximate surface area is 133 Å². The van der Waals surface area contributed by atoms with E-state index >= 15 is 0 Å². The zero-order valence-corrected chi connectivity index (χ0v) is 13.2. The van der Waals surface area contributed by atoms with Crippen molar-refractivity contribution in [3.05, 3.63) is 30.2 Å². The van der Waals surface area contributed by atoms with Crippen molar-refractivity contribution in [1.29, 1.82) is 0 Å². The number of amides is 1. The molecule has 0 bridgehead atoms. The number of ether oxygens (including phenoxy) is 1. The fourth-order valence-electron chi connectivity index (χ4n) is 2.25. The van der Waals surface area contributed by atoms with Gasteiger partial charge in [0.2, 0.25) is 5.95 Å². The standard InChI is InChI=1S/C15H18N6O2/c1-10(2)17-14-16-5-4-12(18-14)13-8-11-9-20(15(22)23-3)6-7-21(11)19-13/h4-8,10H,9H2,1-3H3,(H,16,17,18). The van der Waals surface area contributed by atoms with Crippen molar-refractivity contribution in [3.8, 4) is 11.4 Å². The van der Waals surface area contributed by atoms with Crippen LogP contribution in [0.3, 0.4) is 0 Å². The third-order valence-corrected chi connectivity index (χ3v) is 3.28. The van der Waals surface area contributed by atoms with Crippen LogP contribution in [0.1, 0.15) is 19.5 Å². The van der Waals surface area contributed by atoms with Crippen molar-refractivity contribution >= 4 is 18.2 Å². The van der Waals surface area contributed by atoms with Crippen LogP contribution >= 0.6 is 0 Å². The molecular weight excluding hydrogens is 296 g/mol. The van der Waals surface area contributed by atoms with Gasteiger partial charge in [-0.2, -0.15) is 5.10 Å². The van der Waals surface area contributed by atoms with Crippen molar-refractivity contribution in [2.45, 2.75) is 26.4 Å². The van der Waals surface area contributed by atoms with Gasteiger partial charge < -0.3 is 10.1 Å². The summed E-state index contributed by atoms with van der Waals surface area (Å²) in [5.74, 6) is 0.565. The maximum atomic E-state index is 11.6. The highest BCUT2D eigenvalue weighted by Crippen LogP contribution is 2.22. The zero-order chi connectivity index (χ0) is 16.4. The van der Waals surface area contributed by atoms with Crippen LogP contribution in [0.5, 0.6) is 0 Å². The summed E-state index contributed by atoms with van der Waals surface area (Å²) in [6.07, 6.45) is 4.65. The normalized spacial score (nSPS) is 13.1. The molecule has 1 aliphatic heterocycles. The lowest BCUT2D eigenvalue weighted by molar-refractivity contribution is 0.136. The molecule has 0 unspecified atom stereocenters. The molecule has 0 atom stereocenters. The van der Waals surface area contributed by atoms with Crippen LogP contribution in [0.15, 0.2) is 24.5 Å². The van der Waals surface area contributed by atoms with Crippen molar-refractivity contribution in [2.75, 3.05) is 12.4 Å². The smallest absolute Gasteiger partial charge is 0.413 e. The summed E-state index contributed by atoms with van der Waals surface area (Å²) >= 11 is 0. The van der Waals surface area contributed by atoms with Gasteiger partial charge >= 0.3 is 6.09 Å². The van der Waals surface area contributed by atoms with Gasteiger partial charge in [-0.15, -0.1) is 0 Å². The molecule has 0 saturated carbocycles. The Bertz CT molecular complexity index is 752. The van der Waals surface area contributed by atoms with Crippen LogP contribution < -0.4 is 5.32 Å². The van der Waals surface area contributed by atoms with Gasteiger partial charge in [-0.3, -0.25) is 4.90 Å². The van der Waals surface area contributed by atoms with Crippen molar-refractivity contribution in [2.24, 2.45) is 0 Å². The summed E-state index contributed by atoms with van der Waals surface area (Å²) in [6, 6.07) is 3.96. The largest absolute Gasteiger partial charge is 0.452 e. The average Bonchev–Trinajstić information content (AvgIpc) is 2.97. The summed E-state index contributed by atoms with van der Waals surface area (Å²) in [5.41, 5.74) is 2.33. The predicted molar refractivity (Wildman–Crippen MR) is 85.3 cm³/mol. The molecule has 2 aromatic heterocycles. The van der Waals surface area contributed by atoms with Crippen LogP contribution in [0.4, 0.5) is 10.7 Å². The molecule has 0 saturated heterocycles. The molecule has 2 aromatic rings. The summed E-state index contributed by atoms with van der Waals surface area (Å²) in [5, 5.41) is 7.66. The van der Waals surface area contributed by atoms with Gasteiger partial charge in [0.05, 0.1) is 25.0 Å². The molecule has 3 rings (SSSR count). The van der Waals surface area contributed by atoms with E-state index in [1.807, 2.05) is 26.0 Å². The molecule has 3 heterocycles. The molecule has 1 N–H and O–H groups in total. The minimum absolute atomic E-state index is 0.247. The van der Waals surface area contributed by atoms with Gasteiger partial charge in [0.25, 0.3) is 0 Å². The summed E-state index contributed by atoms with van der Waals surface area (Å²) in [7, 11) is 1.36. The van der Waals surface area contributed by atoms with Gasteiger partial charge in [-0.05, 0) is 26.0 Å². The zero-order valence-electron chi connectivity index (χ0n) is 13.2. The predicted octanol–water partition coefficient (Wildman–Crippen LogP) is 2.17. The Morgan fingerprint density at radius 1 is 1.35 bits per heavy atom. The van der Waals surface area contributed by atoms with E-state index in [9.17, 15) is 4.79 Å². The summed E-state index contributed by atoms with van der Waals surface area (Å²) in [6.45, 7) is 4.45. The Balaban J connectivity index is 1.86. The van der Waals surface area contributed by atoms with Crippen LogP contribution in [0.25, 0.3) is 17.6 Å². The number of aromatic nitrogens is 4. The van der Waals surface area contributed by atoms with E-state index in [-0.39, 0.29) is 6.04 Å². The Kier molecular flexibility index (Phi) is 3.96. The second-order valence-electron chi connectivity index (χ2n) is 5.43. The molecule has 23 heavy (non-hydrogen) atoms. The highest BCUT2D eigenvalue weighted by atomic mass is 16.5. The van der Waals surface area contributed by atoms with Gasteiger partial charge in [-0.1, -0.05) is 0 Å². The maximum absolute atomic E-state index is 11.6. The molecule has 1 aliphatic rings. The number of anilines is 1. The molecule has 0 aromatic carbocycles. The molecule has 120 valence electrons. The molecular formula is C15H18N6O2. The number of carbonyl (C=O) groups is 1. The average molecular weight is 314 g/mol. The summed E-state index contributed by atoms with van der Waals surface area (Å²) < 4.78 is 6.45. The first-order valence-corrected chi connectivity index (χ1v) is 7.28. The molecule has 1 amide bonds. The monoisotopic (exact) mass is 314 g/mol. The van der Waals surface area contributed by atoms with Crippen LogP contribution in [0.2, 0.25) is 0 Å². The van der Waals surface area contributed by atoms with E-state index in [1.165, 1.54) is 12.0 Å². The Morgan fingerprint density at radius 3 is 2.91 bits per heavy atom. The Morgan fingerprint density at radius 2 is 2.17 bits per heavy atom. The number of nitrogens with zero attached hydrogens (tertiary/aromatic N) is 5. The van der Waals surface area contributed by atoms with Gasteiger partial charge in [-0.25, -0.2) is 19.4 Å². The maximum Gasteiger partial charge on any atom is 0.413 e. The SMILES string of the molecule is COC(=O)N1C=Cn2nc(-c3ccnc(NC(C)C)n3)cc2C1. The lowest BCUT2D eigenvalue weighted by Gasteiger charge is -2.20.